The van der Waals surface area contributed by atoms with Gasteiger partial charge >= 0.3 is 0 Å². The minimum Gasteiger partial charge on any atom is -0.328 e. The summed E-state index contributed by atoms with van der Waals surface area (Å²) in [6, 6.07) is 2.02. The molecule has 0 aliphatic carbocycles. The molecule has 90 valence electrons. The van der Waals surface area contributed by atoms with Crippen molar-refractivity contribution < 1.29 is 0 Å². The quantitative estimate of drug-likeness (QED) is 0.831. The summed E-state index contributed by atoms with van der Waals surface area (Å²) >= 11 is 5.30. The molecule has 0 bridgehead atoms. The number of H-pyrrole nitrogens is 1. The molecule has 0 amide bonds. The lowest BCUT2D eigenvalue weighted by molar-refractivity contribution is 0.760. The Balaban J connectivity index is 2.62. The van der Waals surface area contributed by atoms with Crippen LogP contribution < -0.4 is 0 Å². The van der Waals surface area contributed by atoms with Gasteiger partial charge in [-0.1, -0.05) is 19.1 Å². The Hall–Kier alpha value is -1.49. The van der Waals surface area contributed by atoms with Crippen molar-refractivity contribution in [2.45, 2.75) is 34.1 Å². The average Bonchev–Trinajstić information content (AvgIpc) is 2.57. The number of hydrogen-bond acceptors (Lipinski definition) is 3. The van der Waals surface area contributed by atoms with Gasteiger partial charge < -0.3 is 4.98 Å². The van der Waals surface area contributed by atoms with Crippen molar-refractivity contribution in [3.05, 3.63) is 33.4 Å². The SMILES string of the molecule is CCc1c(C)[nH]c(-n2nc(C)cc2C)nc1=S. The first-order valence-electron chi connectivity index (χ1n) is 5.66. The van der Waals surface area contributed by atoms with Crippen LogP contribution in [0.15, 0.2) is 6.07 Å². The van der Waals surface area contributed by atoms with E-state index in [0.717, 1.165) is 29.1 Å². The fourth-order valence-corrected chi connectivity index (χ4v) is 2.34. The van der Waals surface area contributed by atoms with Crippen LogP contribution in [0.5, 0.6) is 0 Å². The van der Waals surface area contributed by atoms with E-state index in [0.29, 0.717) is 10.6 Å². The number of nitrogens with one attached hydrogen (secondary N) is 1. The molecule has 2 aromatic heterocycles. The summed E-state index contributed by atoms with van der Waals surface area (Å²) in [5.41, 5.74) is 4.19. The van der Waals surface area contributed by atoms with Crippen molar-refractivity contribution in [1.82, 2.24) is 19.7 Å². The van der Waals surface area contributed by atoms with Crippen LogP contribution in [0.3, 0.4) is 0 Å². The van der Waals surface area contributed by atoms with Crippen LogP contribution in [0.1, 0.15) is 29.6 Å². The van der Waals surface area contributed by atoms with E-state index in [4.69, 9.17) is 12.2 Å². The minimum atomic E-state index is 0.659. The highest BCUT2D eigenvalue weighted by Gasteiger charge is 2.08. The number of hydrogen-bond donors (Lipinski definition) is 1. The molecule has 4 nitrogen and oxygen atoms in total. The van der Waals surface area contributed by atoms with E-state index in [1.54, 1.807) is 4.68 Å². The summed E-state index contributed by atoms with van der Waals surface area (Å²) in [5.74, 6) is 0.690. The standard InChI is InChI=1S/C12H16N4S/c1-5-10-9(4)13-12(14-11(10)17)16-8(3)6-7(2)15-16/h6H,5H2,1-4H3,(H,13,14,17). The van der Waals surface area contributed by atoms with Crippen LogP contribution in [-0.2, 0) is 6.42 Å². The zero-order valence-electron chi connectivity index (χ0n) is 10.5. The van der Waals surface area contributed by atoms with Crippen LogP contribution in [0.4, 0.5) is 0 Å². The summed E-state index contributed by atoms with van der Waals surface area (Å²) in [5, 5.41) is 4.39. The zero-order valence-corrected chi connectivity index (χ0v) is 11.4. The second-order valence-electron chi connectivity index (χ2n) is 4.16. The number of aromatic nitrogens is 4. The van der Waals surface area contributed by atoms with E-state index in [2.05, 4.69) is 22.0 Å². The predicted octanol–water partition coefficient (Wildman–Crippen LogP) is 2.81. The molecule has 0 aromatic carbocycles. The van der Waals surface area contributed by atoms with Gasteiger partial charge in [0.2, 0.25) is 5.95 Å². The molecule has 0 unspecified atom stereocenters. The molecule has 2 heterocycles. The second kappa shape index (κ2) is 4.41. The Bertz CT molecular complexity index is 609. The van der Waals surface area contributed by atoms with E-state index >= 15 is 0 Å². The molecule has 0 radical (unpaired) electrons. The van der Waals surface area contributed by atoms with Gasteiger partial charge in [0, 0.05) is 17.0 Å². The molecule has 0 atom stereocenters. The molecule has 17 heavy (non-hydrogen) atoms. The third-order valence-corrected chi connectivity index (χ3v) is 3.12. The smallest absolute Gasteiger partial charge is 0.229 e. The molecule has 0 fully saturated rings. The molecule has 2 aromatic rings. The normalized spacial score (nSPS) is 10.8. The Morgan fingerprint density at radius 3 is 2.53 bits per heavy atom. The van der Waals surface area contributed by atoms with Crippen molar-refractivity contribution in [2.75, 3.05) is 0 Å². The molecule has 1 N–H and O–H groups in total. The molecule has 2 rings (SSSR count). The van der Waals surface area contributed by atoms with Crippen LogP contribution in [0.2, 0.25) is 0 Å². The first-order chi connectivity index (χ1) is 8.02. The van der Waals surface area contributed by atoms with Crippen molar-refractivity contribution in [1.29, 1.82) is 0 Å². The van der Waals surface area contributed by atoms with Gasteiger partial charge in [-0.05, 0) is 33.3 Å². The average molecular weight is 248 g/mol. The van der Waals surface area contributed by atoms with Crippen LogP contribution in [0, 0.1) is 25.4 Å². The van der Waals surface area contributed by atoms with E-state index in [9.17, 15) is 0 Å². The Morgan fingerprint density at radius 1 is 1.35 bits per heavy atom. The van der Waals surface area contributed by atoms with Crippen molar-refractivity contribution in [2.24, 2.45) is 0 Å². The summed E-state index contributed by atoms with van der Waals surface area (Å²) in [7, 11) is 0. The van der Waals surface area contributed by atoms with Gasteiger partial charge in [0.1, 0.15) is 4.64 Å². The van der Waals surface area contributed by atoms with E-state index in [1.165, 1.54) is 0 Å². The lowest BCUT2D eigenvalue weighted by Gasteiger charge is -2.08. The number of aryl methyl sites for hydroxylation is 3. The topological polar surface area (TPSA) is 46.5 Å². The molecular formula is C12H16N4S. The Labute approximate surface area is 106 Å². The summed E-state index contributed by atoms with van der Waals surface area (Å²) < 4.78 is 2.45. The van der Waals surface area contributed by atoms with Gasteiger partial charge in [-0.2, -0.15) is 5.10 Å². The summed E-state index contributed by atoms with van der Waals surface area (Å²) in [6.45, 7) is 8.06. The zero-order chi connectivity index (χ0) is 12.6. The number of rotatable bonds is 2. The van der Waals surface area contributed by atoms with Gasteiger partial charge in [0.05, 0.1) is 5.69 Å². The largest absolute Gasteiger partial charge is 0.328 e. The lowest BCUT2D eigenvalue weighted by atomic mass is 10.2. The van der Waals surface area contributed by atoms with Crippen LogP contribution in [-0.4, -0.2) is 19.7 Å². The highest BCUT2D eigenvalue weighted by Crippen LogP contribution is 2.12. The molecular weight excluding hydrogens is 232 g/mol. The molecule has 0 saturated carbocycles. The highest BCUT2D eigenvalue weighted by atomic mass is 32.1. The first kappa shape index (κ1) is 12.0. The number of nitrogens with zero attached hydrogens (tertiary/aromatic N) is 3. The second-order valence-corrected chi connectivity index (χ2v) is 4.55. The fourth-order valence-electron chi connectivity index (χ4n) is 1.96. The first-order valence-corrected chi connectivity index (χ1v) is 6.07. The van der Waals surface area contributed by atoms with Crippen molar-refractivity contribution in [3.8, 4) is 5.95 Å². The van der Waals surface area contributed by atoms with Crippen molar-refractivity contribution >= 4 is 12.2 Å². The molecule has 0 aliphatic heterocycles. The van der Waals surface area contributed by atoms with Crippen LogP contribution in [0.25, 0.3) is 5.95 Å². The van der Waals surface area contributed by atoms with Gasteiger partial charge in [0.25, 0.3) is 0 Å². The highest BCUT2D eigenvalue weighted by molar-refractivity contribution is 7.71. The van der Waals surface area contributed by atoms with E-state index in [1.807, 2.05) is 26.8 Å². The minimum absolute atomic E-state index is 0.659. The van der Waals surface area contributed by atoms with E-state index < -0.39 is 0 Å². The van der Waals surface area contributed by atoms with Gasteiger partial charge in [-0.25, -0.2) is 9.67 Å². The molecule has 5 heteroatoms. The Kier molecular flexibility index (Phi) is 3.11. The van der Waals surface area contributed by atoms with Gasteiger partial charge in [-0.3, -0.25) is 0 Å². The predicted molar refractivity (Wildman–Crippen MR) is 70.1 cm³/mol. The lowest BCUT2D eigenvalue weighted by Crippen LogP contribution is -2.08. The fraction of sp³-hybridized carbons (Fsp3) is 0.417. The monoisotopic (exact) mass is 248 g/mol. The molecule has 0 saturated heterocycles. The summed E-state index contributed by atoms with van der Waals surface area (Å²) in [4.78, 5) is 7.67. The molecule has 0 spiro atoms. The van der Waals surface area contributed by atoms with E-state index in [-0.39, 0.29) is 0 Å². The summed E-state index contributed by atoms with van der Waals surface area (Å²) in [6.07, 6.45) is 0.894. The van der Waals surface area contributed by atoms with Crippen LogP contribution >= 0.6 is 12.2 Å². The number of aromatic amines is 1. The maximum Gasteiger partial charge on any atom is 0.229 e. The molecule has 0 aliphatic rings. The third kappa shape index (κ3) is 2.15. The van der Waals surface area contributed by atoms with Gasteiger partial charge in [-0.15, -0.1) is 0 Å². The van der Waals surface area contributed by atoms with Gasteiger partial charge in [0.15, 0.2) is 0 Å². The van der Waals surface area contributed by atoms with Crippen molar-refractivity contribution in [3.63, 3.8) is 0 Å². The maximum atomic E-state index is 5.30. The Morgan fingerprint density at radius 2 is 2.06 bits per heavy atom. The third-order valence-electron chi connectivity index (χ3n) is 2.78. The maximum absolute atomic E-state index is 5.30.